The van der Waals surface area contributed by atoms with Crippen LogP contribution in [0.5, 0.6) is 5.75 Å². The highest BCUT2D eigenvalue weighted by atomic mass is 79.9. The van der Waals surface area contributed by atoms with Crippen molar-refractivity contribution in [2.24, 2.45) is 5.92 Å². The molecule has 2 N–H and O–H groups in total. The maximum atomic E-state index is 13.1. The normalized spacial score (nSPS) is 16.1. The van der Waals surface area contributed by atoms with Crippen molar-refractivity contribution in [2.45, 2.75) is 64.7 Å². The molecule has 230 valence electrons. The van der Waals surface area contributed by atoms with Crippen LogP contribution < -0.4 is 5.32 Å². The van der Waals surface area contributed by atoms with E-state index in [1.54, 1.807) is 40.7 Å². The van der Waals surface area contributed by atoms with Gasteiger partial charge in [0.25, 0.3) is 0 Å². The maximum Gasteiger partial charge on any atom is 0.243 e. The van der Waals surface area contributed by atoms with Crippen LogP contribution in [-0.4, -0.2) is 49.4 Å². The molecule has 0 bridgehead atoms. The predicted octanol–water partition coefficient (Wildman–Crippen LogP) is 8.19. The van der Waals surface area contributed by atoms with Gasteiger partial charge in [-0.15, -0.1) is 0 Å². The highest BCUT2D eigenvalue weighted by molar-refractivity contribution is 9.11. The SMILES string of the molecule is C1CC1.C=C/C(Br)=C(/C)N(C)/C(=C\C(=C)c1ccccc1O)NCC1CCN(S(=O)(=O)c2cccc(C)c2)CC1.CC. The molecule has 6 nitrogen and oxygen atoms in total. The van der Waals surface area contributed by atoms with Crippen LogP contribution in [0.2, 0.25) is 0 Å². The predicted molar refractivity (Wildman–Crippen MR) is 181 cm³/mol. The Morgan fingerprint density at radius 2 is 1.74 bits per heavy atom. The number of rotatable bonds is 10. The Labute approximate surface area is 262 Å². The lowest BCUT2D eigenvalue weighted by molar-refractivity contribution is 0.266. The molecule has 0 aromatic heterocycles. The number of aromatic hydroxyl groups is 1. The zero-order valence-corrected chi connectivity index (χ0v) is 28.3. The Kier molecular flexibility index (Phi) is 14.6. The summed E-state index contributed by atoms with van der Waals surface area (Å²) < 4.78 is 28.7. The minimum atomic E-state index is -3.49. The molecule has 2 aromatic rings. The van der Waals surface area contributed by atoms with Gasteiger partial charge in [-0.05, 0) is 83.9 Å². The minimum Gasteiger partial charge on any atom is -0.507 e. The summed E-state index contributed by atoms with van der Waals surface area (Å²) in [6.45, 7) is 17.6. The highest BCUT2D eigenvalue weighted by Gasteiger charge is 2.29. The number of nitrogens with one attached hydrogen (secondary N) is 1. The van der Waals surface area contributed by atoms with Gasteiger partial charge in [0.15, 0.2) is 0 Å². The molecule has 1 aliphatic carbocycles. The molecular formula is C34H48BrN3O3S. The summed E-state index contributed by atoms with van der Waals surface area (Å²) in [5.74, 6) is 1.30. The Morgan fingerprint density at radius 3 is 2.29 bits per heavy atom. The molecule has 1 aliphatic heterocycles. The van der Waals surface area contributed by atoms with E-state index in [9.17, 15) is 13.5 Å². The van der Waals surface area contributed by atoms with E-state index in [4.69, 9.17) is 0 Å². The number of benzene rings is 2. The van der Waals surface area contributed by atoms with Crippen molar-refractivity contribution in [1.82, 2.24) is 14.5 Å². The number of para-hydroxylation sites is 1. The van der Waals surface area contributed by atoms with E-state index in [2.05, 4.69) is 34.4 Å². The lowest BCUT2D eigenvalue weighted by Gasteiger charge is -2.33. The summed E-state index contributed by atoms with van der Waals surface area (Å²) in [7, 11) is -1.54. The van der Waals surface area contributed by atoms with Crippen molar-refractivity contribution in [1.29, 1.82) is 0 Å². The lowest BCUT2D eigenvalue weighted by atomic mass is 9.98. The van der Waals surface area contributed by atoms with Crippen LogP contribution in [0.1, 0.15) is 64.0 Å². The number of aryl methyl sites for hydroxylation is 1. The number of hydrogen-bond acceptors (Lipinski definition) is 5. The third-order valence-electron chi connectivity index (χ3n) is 7.08. The first-order valence-corrected chi connectivity index (χ1v) is 17.0. The summed E-state index contributed by atoms with van der Waals surface area (Å²) in [5.41, 5.74) is 3.22. The number of sulfonamides is 1. The quantitative estimate of drug-likeness (QED) is 0.252. The van der Waals surface area contributed by atoms with Crippen molar-refractivity contribution in [3.05, 3.63) is 101 Å². The zero-order chi connectivity index (χ0) is 31.3. The molecule has 2 fully saturated rings. The van der Waals surface area contributed by atoms with Gasteiger partial charge in [-0.2, -0.15) is 4.31 Å². The second-order valence-electron chi connectivity index (χ2n) is 10.4. The first-order chi connectivity index (χ1) is 20.0. The third kappa shape index (κ3) is 10.5. The standard InChI is InChI=1S/C29H36BrN3O3S.C3H6.C2H6/c1-6-27(30)23(4)32(5)29(19-22(3)26-12-7-8-13-28(26)34)31-20-24-14-16-33(17-15-24)37(35,36)25-11-9-10-21(2)18-25;1-2-3-1;1-2/h6-13,18-19,24,31,34H,1,3,14-17,20H2,2,4-5H3;1-3H2;1-2H3/b27-23+,29-19-;;. The van der Waals surface area contributed by atoms with E-state index in [1.807, 2.05) is 63.9 Å². The largest absolute Gasteiger partial charge is 0.507 e. The monoisotopic (exact) mass is 657 g/mol. The average Bonchev–Trinajstić information content (AvgIpc) is 3.89. The molecule has 0 radical (unpaired) electrons. The Balaban J connectivity index is 0.00000113. The topological polar surface area (TPSA) is 72.9 Å². The van der Waals surface area contributed by atoms with Gasteiger partial charge in [-0.3, -0.25) is 0 Å². The molecule has 0 amide bonds. The molecule has 1 heterocycles. The molecule has 1 saturated carbocycles. The van der Waals surface area contributed by atoms with E-state index in [0.29, 0.717) is 41.6 Å². The second kappa shape index (κ2) is 17.3. The number of hydrogen-bond donors (Lipinski definition) is 2. The van der Waals surface area contributed by atoms with E-state index >= 15 is 0 Å². The van der Waals surface area contributed by atoms with Crippen LogP contribution in [0.15, 0.2) is 94.7 Å². The number of allylic oxidation sites excluding steroid dienone is 5. The summed E-state index contributed by atoms with van der Waals surface area (Å²) in [4.78, 5) is 2.36. The second-order valence-corrected chi connectivity index (χ2v) is 13.2. The molecule has 0 spiro atoms. The Bertz CT molecular complexity index is 1350. The Hall–Kier alpha value is -2.81. The molecule has 42 heavy (non-hydrogen) atoms. The number of piperidine rings is 1. The number of halogens is 1. The minimum absolute atomic E-state index is 0.174. The van der Waals surface area contributed by atoms with Gasteiger partial charge >= 0.3 is 0 Å². The highest BCUT2D eigenvalue weighted by Crippen LogP contribution is 2.28. The van der Waals surface area contributed by atoms with Crippen LogP contribution in [0.25, 0.3) is 5.57 Å². The molecule has 0 atom stereocenters. The summed E-state index contributed by atoms with van der Waals surface area (Å²) in [6.07, 6.45) is 9.69. The number of phenolic OH excluding ortho intramolecular Hbond substituents is 1. The van der Waals surface area contributed by atoms with E-state index < -0.39 is 10.0 Å². The first kappa shape index (κ1) is 35.4. The van der Waals surface area contributed by atoms with Gasteiger partial charge in [-0.1, -0.05) is 82.7 Å². The van der Waals surface area contributed by atoms with Gasteiger partial charge < -0.3 is 15.3 Å². The molecule has 8 heteroatoms. The summed E-state index contributed by atoms with van der Waals surface area (Å²) in [5, 5.41) is 13.8. The average molecular weight is 659 g/mol. The first-order valence-electron chi connectivity index (χ1n) is 14.8. The fraction of sp³-hybridized carbons (Fsp3) is 0.412. The molecular weight excluding hydrogens is 610 g/mol. The fourth-order valence-electron chi connectivity index (χ4n) is 4.27. The lowest BCUT2D eigenvalue weighted by Crippen LogP contribution is -2.41. The van der Waals surface area contributed by atoms with Gasteiger partial charge in [-0.25, -0.2) is 8.42 Å². The molecule has 4 rings (SSSR count). The smallest absolute Gasteiger partial charge is 0.243 e. The van der Waals surface area contributed by atoms with Gasteiger partial charge in [0.2, 0.25) is 10.0 Å². The van der Waals surface area contributed by atoms with Gasteiger partial charge in [0.1, 0.15) is 11.6 Å². The van der Waals surface area contributed by atoms with Crippen LogP contribution in [0.3, 0.4) is 0 Å². The number of phenols is 1. The third-order valence-corrected chi connectivity index (χ3v) is 9.87. The fourth-order valence-corrected chi connectivity index (χ4v) is 6.11. The van der Waals surface area contributed by atoms with Crippen LogP contribution >= 0.6 is 15.9 Å². The van der Waals surface area contributed by atoms with Crippen molar-refractivity contribution in [3.63, 3.8) is 0 Å². The number of nitrogens with zero attached hydrogens (tertiary/aromatic N) is 2. The molecule has 0 unspecified atom stereocenters. The van der Waals surface area contributed by atoms with E-state index in [1.165, 1.54) is 19.3 Å². The van der Waals surface area contributed by atoms with Crippen molar-refractivity contribution >= 4 is 31.5 Å². The molecule has 2 aliphatic rings. The molecule has 2 aromatic carbocycles. The Morgan fingerprint density at radius 1 is 1.12 bits per heavy atom. The van der Waals surface area contributed by atoms with Gasteiger partial charge in [0, 0.05) is 42.4 Å². The summed E-state index contributed by atoms with van der Waals surface area (Å²) in [6, 6.07) is 14.2. The zero-order valence-electron chi connectivity index (χ0n) is 25.9. The van der Waals surface area contributed by atoms with Crippen molar-refractivity contribution in [2.75, 3.05) is 26.7 Å². The molecule has 1 saturated heterocycles. The summed E-state index contributed by atoms with van der Waals surface area (Å²) >= 11 is 3.55. The van der Waals surface area contributed by atoms with Crippen molar-refractivity contribution in [3.8, 4) is 5.75 Å². The van der Waals surface area contributed by atoms with Crippen molar-refractivity contribution < 1.29 is 13.5 Å². The van der Waals surface area contributed by atoms with Gasteiger partial charge in [0.05, 0.1) is 4.90 Å². The maximum absolute atomic E-state index is 13.1. The van der Waals surface area contributed by atoms with Crippen LogP contribution in [0.4, 0.5) is 0 Å². The van der Waals surface area contributed by atoms with Crippen LogP contribution in [0, 0.1) is 12.8 Å². The van der Waals surface area contributed by atoms with Crippen LogP contribution in [-0.2, 0) is 10.0 Å². The van der Waals surface area contributed by atoms with E-state index in [-0.39, 0.29) is 5.75 Å². The van der Waals surface area contributed by atoms with E-state index in [0.717, 1.165) is 34.4 Å².